The van der Waals surface area contributed by atoms with Gasteiger partial charge in [0.25, 0.3) is 0 Å². The van der Waals surface area contributed by atoms with E-state index in [-0.39, 0.29) is 24.7 Å². The van der Waals surface area contributed by atoms with Crippen LogP contribution in [0.1, 0.15) is 11.3 Å². The number of nitrogens with one attached hydrogen (secondary N) is 2. The highest BCUT2D eigenvalue weighted by Crippen LogP contribution is 2.19. The Morgan fingerprint density at radius 2 is 1.44 bits per heavy atom. The van der Waals surface area contributed by atoms with Crippen LogP contribution in [0.4, 0.5) is 0 Å². The van der Waals surface area contributed by atoms with Crippen LogP contribution < -0.4 is 10.9 Å². The average Bonchev–Trinajstić information content (AvgIpc) is 3.10. The monoisotopic (exact) mass is 359 g/mol. The molecule has 0 spiro atoms. The molecule has 0 aliphatic rings. The Balaban J connectivity index is 1.37. The molecule has 6 nitrogen and oxygen atoms in total. The molecule has 0 aliphatic carbocycles. The first-order valence-corrected chi connectivity index (χ1v) is 8.58. The highest BCUT2D eigenvalue weighted by atomic mass is 16.5. The third-order valence-corrected chi connectivity index (χ3v) is 4.35. The molecular formula is C21H17N3O3. The molecule has 0 saturated heterocycles. The largest absolute Gasteiger partial charge is 0.356 e. The molecule has 0 bridgehead atoms. The van der Waals surface area contributed by atoms with E-state index >= 15 is 0 Å². The third kappa shape index (κ3) is 3.64. The number of carbonyl (C=O) groups is 2. The van der Waals surface area contributed by atoms with E-state index in [9.17, 15) is 9.59 Å². The van der Waals surface area contributed by atoms with Crippen molar-refractivity contribution in [1.29, 1.82) is 0 Å². The van der Waals surface area contributed by atoms with Gasteiger partial charge in [0, 0.05) is 5.39 Å². The topological polar surface area (TPSA) is 84.2 Å². The summed E-state index contributed by atoms with van der Waals surface area (Å²) in [5.41, 5.74) is 6.96. The van der Waals surface area contributed by atoms with Gasteiger partial charge in [-0.05, 0) is 28.5 Å². The number of benzene rings is 3. The minimum absolute atomic E-state index is 0.0194. The number of hydrogen-bond donors (Lipinski definition) is 2. The first-order chi connectivity index (χ1) is 13.2. The van der Waals surface area contributed by atoms with Crippen molar-refractivity contribution in [3.63, 3.8) is 0 Å². The minimum Gasteiger partial charge on any atom is -0.356 e. The van der Waals surface area contributed by atoms with E-state index < -0.39 is 0 Å². The maximum absolute atomic E-state index is 12.2. The number of rotatable bonds is 4. The molecule has 0 unspecified atom stereocenters. The lowest BCUT2D eigenvalue weighted by Crippen LogP contribution is -2.43. The first-order valence-electron chi connectivity index (χ1n) is 8.58. The van der Waals surface area contributed by atoms with Gasteiger partial charge in [0.15, 0.2) is 5.58 Å². The highest BCUT2D eigenvalue weighted by Gasteiger charge is 2.13. The van der Waals surface area contributed by atoms with Gasteiger partial charge in [-0.15, -0.1) is 0 Å². The molecule has 6 heteroatoms. The van der Waals surface area contributed by atoms with Gasteiger partial charge < -0.3 is 4.52 Å². The number of hydrazine groups is 1. The lowest BCUT2D eigenvalue weighted by Gasteiger charge is -2.09. The summed E-state index contributed by atoms with van der Waals surface area (Å²) in [5, 5.41) is 6.80. The van der Waals surface area contributed by atoms with E-state index in [1.54, 1.807) is 6.07 Å². The first kappa shape index (κ1) is 16.8. The zero-order valence-corrected chi connectivity index (χ0v) is 14.4. The van der Waals surface area contributed by atoms with E-state index in [0.717, 1.165) is 21.7 Å². The predicted molar refractivity (Wildman–Crippen MR) is 102 cm³/mol. The molecule has 27 heavy (non-hydrogen) atoms. The van der Waals surface area contributed by atoms with Gasteiger partial charge in [0.2, 0.25) is 11.8 Å². The van der Waals surface area contributed by atoms with E-state index in [0.29, 0.717) is 11.3 Å². The summed E-state index contributed by atoms with van der Waals surface area (Å²) >= 11 is 0. The average molecular weight is 359 g/mol. The molecule has 3 aromatic carbocycles. The Hall–Kier alpha value is -3.67. The number of hydrogen-bond acceptors (Lipinski definition) is 4. The fourth-order valence-electron chi connectivity index (χ4n) is 3.07. The normalized spacial score (nSPS) is 10.8. The van der Waals surface area contributed by atoms with Crippen molar-refractivity contribution >= 4 is 33.6 Å². The summed E-state index contributed by atoms with van der Waals surface area (Å²) < 4.78 is 5.18. The van der Waals surface area contributed by atoms with Gasteiger partial charge in [-0.1, -0.05) is 59.8 Å². The molecule has 1 heterocycles. The van der Waals surface area contributed by atoms with Crippen LogP contribution in [-0.2, 0) is 22.4 Å². The van der Waals surface area contributed by atoms with E-state index in [1.165, 1.54) is 0 Å². The number of para-hydroxylation sites is 1. The second-order valence-corrected chi connectivity index (χ2v) is 6.21. The Kier molecular flexibility index (Phi) is 4.53. The van der Waals surface area contributed by atoms with Crippen LogP contribution in [-0.4, -0.2) is 17.0 Å². The van der Waals surface area contributed by atoms with Gasteiger partial charge in [0.1, 0.15) is 5.69 Å². The van der Waals surface area contributed by atoms with Crippen molar-refractivity contribution in [1.82, 2.24) is 16.0 Å². The molecule has 2 amide bonds. The van der Waals surface area contributed by atoms with E-state index in [1.807, 2.05) is 60.7 Å². The van der Waals surface area contributed by atoms with Crippen LogP contribution >= 0.6 is 0 Å². The van der Waals surface area contributed by atoms with Crippen molar-refractivity contribution in [2.45, 2.75) is 12.8 Å². The third-order valence-electron chi connectivity index (χ3n) is 4.35. The van der Waals surface area contributed by atoms with Crippen molar-refractivity contribution in [2.75, 3.05) is 0 Å². The quantitative estimate of drug-likeness (QED) is 0.549. The molecule has 4 rings (SSSR count). The maximum Gasteiger partial charge on any atom is 0.244 e. The summed E-state index contributed by atoms with van der Waals surface area (Å²) in [6.45, 7) is 0. The maximum atomic E-state index is 12.2. The molecule has 1 aromatic heterocycles. The van der Waals surface area contributed by atoms with Crippen LogP contribution in [0.15, 0.2) is 71.3 Å². The number of carbonyl (C=O) groups excluding carboxylic acids is 2. The molecular weight excluding hydrogens is 342 g/mol. The zero-order chi connectivity index (χ0) is 18.6. The molecule has 4 aromatic rings. The number of amides is 2. The smallest absolute Gasteiger partial charge is 0.244 e. The summed E-state index contributed by atoms with van der Waals surface area (Å²) in [5.74, 6) is -0.648. The second-order valence-electron chi connectivity index (χ2n) is 6.21. The lowest BCUT2D eigenvalue weighted by atomic mass is 10.0. The molecule has 0 saturated carbocycles. The van der Waals surface area contributed by atoms with Crippen molar-refractivity contribution < 1.29 is 14.1 Å². The fraction of sp³-hybridized carbons (Fsp3) is 0.0952. The van der Waals surface area contributed by atoms with Gasteiger partial charge >= 0.3 is 0 Å². The van der Waals surface area contributed by atoms with Crippen molar-refractivity contribution in [3.8, 4) is 0 Å². The Morgan fingerprint density at radius 3 is 2.30 bits per heavy atom. The van der Waals surface area contributed by atoms with Gasteiger partial charge in [0.05, 0.1) is 12.8 Å². The summed E-state index contributed by atoms with van der Waals surface area (Å²) in [6.07, 6.45) is 0.195. The van der Waals surface area contributed by atoms with Gasteiger partial charge in [-0.3, -0.25) is 20.4 Å². The Labute approximate surface area is 155 Å². The molecule has 0 radical (unpaired) electrons. The molecule has 0 aliphatic heterocycles. The summed E-state index contributed by atoms with van der Waals surface area (Å²) in [7, 11) is 0. The van der Waals surface area contributed by atoms with Crippen molar-refractivity contribution in [3.05, 3.63) is 78.0 Å². The molecule has 134 valence electrons. The lowest BCUT2D eigenvalue weighted by molar-refractivity contribution is -0.128. The zero-order valence-electron chi connectivity index (χ0n) is 14.4. The van der Waals surface area contributed by atoms with Crippen LogP contribution in [0, 0.1) is 0 Å². The number of aromatic nitrogens is 1. The number of fused-ring (bicyclic) bond motifs is 2. The van der Waals surface area contributed by atoms with E-state index in [2.05, 4.69) is 16.0 Å². The van der Waals surface area contributed by atoms with Crippen LogP contribution in [0.3, 0.4) is 0 Å². The standard InChI is InChI=1S/C21H17N3O3/c25-20(12-15-8-5-7-14-6-1-2-9-16(14)15)22-23-21(26)13-18-17-10-3-4-11-19(17)27-24-18/h1-11H,12-13H2,(H,22,25)(H,23,26). The summed E-state index contributed by atoms with van der Waals surface area (Å²) in [6, 6.07) is 21.0. The summed E-state index contributed by atoms with van der Waals surface area (Å²) in [4.78, 5) is 24.3. The fourth-order valence-corrected chi connectivity index (χ4v) is 3.07. The van der Waals surface area contributed by atoms with Gasteiger partial charge in [-0.2, -0.15) is 0 Å². The molecule has 2 N–H and O–H groups in total. The predicted octanol–water partition coefficient (Wildman–Crippen LogP) is 2.91. The Bertz CT molecular complexity index is 1130. The highest BCUT2D eigenvalue weighted by molar-refractivity contribution is 5.91. The molecule has 0 fully saturated rings. The van der Waals surface area contributed by atoms with Crippen LogP contribution in [0.25, 0.3) is 21.7 Å². The van der Waals surface area contributed by atoms with Gasteiger partial charge in [-0.25, -0.2) is 0 Å². The minimum atomic E-state index is -0.361. The number of nitrogens with zero attached hydrogens (tertiary/aromatic N) is 1. The Morgan fingerprint density at radius 1 is 0.778 bits per heavy atom. The van der Waals surface area contributed by atoms with Crippen LogP contribution in [0.2, 0.25) is 0 Å². The second kappa shape index (κ2) is 7.29. The van der Waals surface area contributed by atoms with Crippen LogP contribution in [0.5, 0.6) is 0 Å². The molecule has 0 atom stereocenters. The SMILES string of the molecule is O=C(Cc1cccc2ccccc12)NNC(=O)Cc1noc2ccccc12. The van der Waals surface area contributed by atoms with Crippen molar-refractivity contribution in [2.24, 2.45) is 0 Å². The van der Waals surface area contributed by atoms with E-state index in [4.69, 9.17) is 4.52 Å².